The summed E-state index contributed by atoms with van der Waals surface area (Å²) in [5, 5.41) is 0. The lowest BCUT2D eigenvalue weighted by atomic mass is 10.3. The molecule has 0 bridgehead atoms. The molecule has 0 unspecified atom stereocenters. The van der Waals surface area contributed by atoms with Gasteiger partial charge in [0.15, 0.2) is 5.65 Å². The number of fused-ring (bicyclic) bond motifs is 1. The van der Waals surface area contributed by atoms with Crippen molar-refractivity contribution < 1.29 is 0 Å². The van der Waals surface area contributed by atoms with Gasteiger partial charge in [-0.3, -0.25) is 9.88 Å². The second-order valence-corrected chi connectivity index (χ2v) is 5.79. The maximum absolute atomic E-state index is 4.63. The highest BCUT2D eigenvalue weighted by atomic mass is 15.3. The van der Waals surface area contributed by atoms with E-state index < -0.39 is 0 Å². The number of pyridine rings is 1. The molecule has 0 N–H and O–H groups in total. The summed E-state index contributed by atoms with van der Waals surface area (Å²) < 4.78 is 2.08. The highest BCUT2D eigenvalue weighted by Gasteiger charge is 2.19. The first-order valence-corrected chi connectivity index (χ1v) is 7.81. The van der Waals surface area contributed by atoms with Crippen LogP contribution in [0.5, 0.6) is 0 Å². The predicted molar refractivity (Wildman–Crippen MR) is 88.0 cm³/mol. The molecule has 0 amide bonds. The average Bonchev–Trinajstić information content (AvgIpc) is 3.00. The molecule has 0 aromatic carbocycles. The van der Waals surface area contributed by atoms with Crippen molar-refractivity contribution in [2.45, 2.75) is 6.54 Å². The van der Waals surface area contributed by atoms with E-state index >= 15 is 0 Å². The van der Waals surface area contributed by atoms with Gasteiger partial charge in [-0.1, -0.05) is 0 Å². The number of rotatable bonds is 3. The number of anilines is 1. The number of imidazole rings is 1. The smallest absolute Gasteiger partial charge is 0.180 e. The maximum Gasteiger partial charge on any atom is 0.180 e. The molecule has 1 aliphatic rings. The highest BCUT2D eigenvalue weighted by molar-refractivity contribution is 5.71. The Morgan fingerprint density at radius 2 is 1.78 bits per heavy atom. The summed E-state index contributed by atoms with van der Waals surface area (Å²) in [5.74, 6) is 2.09. The minimum atomic E-state index is 0.709. The number of hydrogen-bond donors (Lipinski definition) is 0. The SMILES string of the molecule is Cn1ccnc1CN1CCN(c2ccc3nccnc3n2)CC1. The van der Waals surface area contributed by atoms with E-state index in [1.807, 2.05) is 31.6 Å². The van der Waals surface area contributed by atoms with Gasteiger partial charge in [0.25, 0.3) is 0 Å². The zero-order valence-electron chi connectivity index (χ0n) is 13.1. The van der Waals surface area contributed by atoms with Crippen LogP contribution < -0.4 is 4.90 Å². The summed E-state index contributed by atoms with van der Waals surface area (Å²) in [6.45, 7) is 4.83. The van der Waals surface area contributed by atoms with E-state index in [4.69, 9.17) is 0 Å². The molecule has 118 valence electrons. The first-order chi connectivity index (χ1) is 11.3. The zero-order valence-corrected chi connectivity index (χ0v) is 13.1. The standard InChI is InChI=1S/C16H19N7/c1-21-7-6-18-15(21)12-22-8-10-23(11-9-22)14-3-2-13-16(20-14)19-5-4-17-13/h2-7H,8-12H2,1H3. The first-order valence-electron chi connectivity index (χ1n) is 7.81. The van der Waals surface area contributed by atoms with Gasteiger partial charge < -0.3 is 9.47 Å². The molecule has 4 rings (SSSR count). The van der Waals surface area contributed by atoms with E-state index in [2.05, 4.69) is 34.3 Å². The van der Waals surface area contributed by atoms with Gasteiger partial charge >= 0.3 is 0 Å². The minimum Gasteiger partial charge on any atom is -0.354 e. The Hall–Kier alpha value is -2.54. The summed E-state index contributed by atoms with van der Waals surface area (Å²) >= 11 is 0. The molecule has 3 aromatic rings. The van der Waals surface area contributed by atoms with Crippen LogP contribution in [0.4, 0.5) is 5.82 Å². The Bertz CT molecular complexity index is 805. The van der Waals surface area contributed by atoms with Crippen LogP contribution in [0.1, 0.15) is 5.82 Å². The molecule has 3 aromatic heterocycles. The van der Waals surface area contributed by atoms with Crippen molar-refractivity contribution in [1.29, 1.82) is 0 Å². The van der Waals surface area contributed by atoms with Gasteiger partial charge in [-0.25, -0.2) is 15.0 Å². The molecule has 0 saturated carbocycles. The van der Waals surface area contributed by atoms with Crippen LogP contribution in [-0.4, -0.2) is 55.6 Å². The fraction of sp³-hybridized carbons (Fsp3) is 0.375. The first kappa shape index (κ1) is 14.1. The highest BCUT2D eigenvalue weighted by Crippen LogP contribution is 2.17. The average molecular weight is 309 g/mol. The summed E-state index contributed by atoms with van der Waals surface area (Å²) in [6, 6.07) is 4.02. The Balaban J connectivity index is 1.43. The van der Waals surface area contributed by atoms with Crippen LogP contribution in [0.15, 0.2) is 36.9 Å². The van der Waals surface area contributed by atoms with Crippen LogP contribution in [0.25, 0.3) is 11.2 Å². The van der Waals surface area contributed by atoms with E-state index in [1.165, 1.54) is 0 Å². The minimum absolute atomic E-state index is 0.709. The van der Waals surface area contributed by atoms with Crippen LogP contribution in [0.3, 0.4) is 0 Å². The lowest BCUT2D eigenvalue weighted by Crippen LogP contribution is -2.46. The zero-order chi connectivity index (χ0) is 15.6. The monoisotopic (exact) mass is 309 g/mol. The van der Waals surface area contributed by atoms with E-state index in [9.17, 15) is 0 Å². The molecular weight excluding hydrogens is 290 g/mol. The van der Waals surface area contributed by atoms with Crippen LogP contribution in [-0.2, 0) is 13.6 Å². The Morgan fingerprint density at radius 3 is 2.57 bits per heavy atom. The molecule has 1 aliphatic heterocycles. The number of aromatic nitrogens is 5. The third kappa shape index (κ3) is 2.87. The molecule has 4 heterocycles. The Morgan fingerprint density at radius 1 is 0.957 bits per heavy atom. The summed E-state index contributed by atoms with van der Waals surface area (Å²) in [6.07, 6.45) is 7.22. The molecule has 0 spiro atoms. The molecule has 0 radical (unpaired) electrons. The van der Waals surface area contributed by atoms with Crippen LogP contribution in [0.2, 0.25) is 0 Å². The Labute approximate surface area is 134 Å². The van der Waals surface area contributed by atoms with E-state index in [0.717, 1.165) is 49.9 Å². The van der Waals surface area contributed by atoms with Crippen molar-refractivity contribution in [2.75, 3.05) is 31.1 Å². The number of hydrogen-bond acceptors (Lipinski definition) is 6. The van der Waals surface area contributed by atoms with Crippen molar-refractivity contribution in [3.63, 3.8) is 0 Å². The van der Waals surface area contributed by atoms with Crippen molar-refractivity contribution in [2.24, 2.45) is 7.05 Å². The molecule has 1 saturated heterocycles. The largest absolute Gasteiger partial charge is 0.354 e. The Kier molecular flexibility index (Phi) is 3.63. The molecule has 7 nitrogen and oxygen atoms in total. The van der Waals surface area contributed by atoms with Crippen molar-refractivity contribution >= 4 is 17.0 Å². The van der Waals surface area contributed by atoms with Crippen molar-refractivity contribution in [3.05, 3.63) is 42.7 Å². The second kappa shape index (κ2) is 5.92. The van der Waals surface area contributed by atoms with Gasteiger partial charge in [-0.2, -0.15) is 0 Å². The molecule has 1 fully saturated rings. The fourth-order valence-electron chi connectivity index (χ4n) is 2.90. The van der Waals surface area contributed by atoms with Crippen LogP contribution >= 0.6 is 0 Å². The normalized spacial score (nSPS) is 16.1. The molecule has 0 aliphatic carbocycles. The van der Waals surface area contributed by atoms with E-state index in [-0.39, 0.29) is 0 Å². The van der Waals surface area contributed by atoms with Gasteiger partial charge in [-0.15, -0.1) is 0 Å². The maximum atomic E-state index is 4.63. The summed E-state index contributed by atoms with van der Waals surface area (Å²) in [5.41, 5.74) is 1.55. The van der Waals surface area contributed by atoms with Gasteiger partial charge in [0, 0.05) is 58.0 Å². The van der Waals surface area contributed by atoms with E-state index in [0.29, 0.717) is 5.65 Å². The van der Waals surface area contributed by atoms with Crippen molar-refractivity contribution in [3.8, 4) is 0 Å². The molecule has 23 heavy (non-hydrogen) atoms. The third-order valence-electron chi connectivity index (χ3n) is 4.30. The number of piperazine rings is 1. The van der Waals surface area contributed by atoms with Crippen molar-refractivity contribution in [1.82, 2.24) is 29.4 Å². The topological polar surface area (TPSA) is 63.0 Å². The molecular formula is C16H19N7. The van der Waals surface area contributed by atoms with Crippen LogP contribution in [0, 0.1) is 0 Å². The molecule has 7 heteroatoms. The lowest BCUT2D eigenvalue weighted by molar-refractivity contribution is 0.241. The van der Waals surface area contributed by atoms with Gasteiger partial charge in [0.1, 0.15) is 17.2 Å². The predicted octanol–water partition coefficient (Wildman–Crippen LogP) is 1.08. The summed E-state index contributed by atoms with van der Waals surface area (Å²) in [7, 11) is 2.04. The van der Waals surface area contributed by atoms with Gasteiger partial charge in [0.2, 0.25) is 0 Å². The summed E-state index contributed by atoms with van der Waals surface area (Å²) in [4.78, 5) is 22.3. The lowest BCUT2D eigenvalue weighted by Gasteiger charge is -2.35. The van der Waals surface area contributed by atoms with E-state index in [1.54, 1.807) is 12.4 Å². The number of aryl methyl sites for hydroxylation is 1. The molecule has 0 atom stereocenters. The fourth-order valence-corrected chi connectivity index (χ4v) is 2.90. The third-order valence-corrected chi connectivity index (χ3v) is 4.30. The number of nitrogens with zero attached hydrogens (tertiary/aromatic N) is 7. The second-order valence-electron chi connectivity index (χ2n) is 5.79. The van der Waals surface area contributed by atoms with Gasteiger partial charge in [0.05, 0.1) is 6.54 Å². The quantitative estimate of drug-likeness (QED) is 0.721. The van der Waals surface area contributed by atoms with Gasteiger partial charge in [-0.05, 0) is 12.1 Å².